The van der Waals surface area contributed by atoms with Gasteiger partial charge in [-0.05, 0) is 24.6 Å². The third-order valence-corrected chi connectivity index (χ3v) is 1.24. The number of hydrogen-bond acceptors (Lipinski definition) is 3. The molecule has 1 aromatic carbocycles. The molecular formula is C7H10BF2NO2. The molecule has 1 aromatic rings. The maximum atomic E-state index is 12.3. The van der Waals surface area contributed by atoms with E-state index in [1.807, 2.05) is 0 Å². The zero-order valence-electron chi connectivity index (χ0n) is 7.04. The molecule has 72 valence electrons. The predicted molar refractivity (Wildman–Crippen MR) is 46.3 cm³/mol. The van der Waals surface area contributed by atoms with Crippen molar-refractivity contribution in [3.05, 3.63) is 29.8 Å². The largest absolute Gasteiger partial charge is 0.488 e. The van der Waals surface area contributed by atoms with Gasteiger partial charge in [-0.2, -0.15) is 0 Å². The summed E-state index contributed by atoms with van der Waals surface area (Å²) in [6.45, 7) is 0. The molecule has 0 heterocycles. The van der Waals surface area contributed by atoms with Crippen molar-refractivity contribution in [3.8, 4) is 0 Å². The summed E-state index contributed by atoms with van der Waals surface area (Å²) in [4.78, 5) is 0. The predicted octanol–water partition coefficient (Wildman–Crippen LogP) is -0.781. The van der Waals surface area contributed by atoms with Gasteiger partial charge in [-0.25, -0.2) is 8.78 Å². The summed E-state index contributed by atoms with van der Waals surface area (Å²) in [7, 11) is -0.259. The molecule has 6 heteroatoms. The molecule has 0 amide bonds. The van der Waals surface area contributed by atoms with E-state index in [0.717, 1.165) is 18.2 Å². The molecule has 0 atom stereocenters. The molecule has 0 bridgehead atoms. The number of halogens is 2. The molecule has 0 aliphatic heterocycles. The van der Waals surface area contributed by atoms with Crippen molar-refractivity contribution in [1.82, 2.24) is 0 Å². The Hall–Kier alpha value is -0.975. The fourth-order valence-electron chi connectivity index (χ4n) is 0.673. The van der Waals surface area contributed by atoms with Crippen molar-refractivity contribution in [2.45, 2.75) is 0 Å². The fraction of sp³-hybridized carbons (Fsp3) is 0.143. The van der Waals surface area contributed by atoms with E-state index in [1.54, 1.807) is 0 Å². The van der Waals surface area contributed by atoms with E-state index < -0.39 is 18.8 Å². The Labute approximate surface area is 75.0 Å². The molecule has 0 aliphatic carbocycles. The highest BCUT2D eigenvalue weighted by atomic mass is 19.2. The van der Waals surface area contributed by atoms with Gasteiger partial charge in [0, 0.05) is 0 Å². The molecule has 0 saturated carbocycles. The molecule has 3 nitrogen and oxygen atoms in total. The molecule has 13 heavy (non-hydrogen) atoms. The van der Waals surface area contributed by atoms with Gasteiger partial charge in [0.05, 0.1) is 0 Å². The Morgan fingerprint density at radius 3 is 2.08 bits per heavy atom. The maximum absolute atomic E-state index is 12.3. The summed E-state index contributed by atoms with van der Waals surface area (Å²) < 4.78 is 24.6. The van der Waals surface area contributed by atoms with Crippen LogP contribution < -0.4 is 11.2 Å². The van der Waals surface area contributed by atoms with Crippen LogP contribution in [0, 0.1) is 11.6 Å². The molecule has 0 saturated heterocycles. The van der Waals surface area contributed by atoms with Crippen molar-refractivity contribution in [3.63, 3.8) is 0 Å². The van der Waals surface area contributed by atoms with Crippen LogP contribution in [-0.2, 0) is 0 Å². The van der Waals surface area contributed by atoms with Gasteiger partial charge < -0.3 is 15.8 Å². The van der Waals surface area contributed by atoms with Crippen LogP contribution in [-0.4, -0.2) is 24.2 Å². The maximum Gasteiger partial charge on any atom is 0.488 e. The highest BCUT2D eigenvalue weighted by Gasteiger charge is 2.12. The molecule has 4 N–H and O–H groups in total. The van der Waals surface area contributed by atoms with Crippen LogP contribution in [0.5, 0.6) is 0 Å². The zero-order chi connectivity index (χ0) is 10.4. The van der Waals surface area contributed by atoms with Gasteiger partial charge in [0.1, 0.15) is 0 Å². The first kappa shape index (κ1) is 12.0. The normalized spacial score (nSPS) is 8.77. The highest BCUT2D eigenvalue weighted by molar-refractivity contribution is 6.58. The molecule has 0 fully saturated rings. The van der Waals surface area contributed by atoms with E-state index in [0.29, 0.717) is 0 Å². The highest BCUT2D eigenvalue weighted by Crippen LogP contribution is 2.01. The Bertz CT molecular complexity index is 271. The van der Waals surface area contributed by atoms with Gasteiger partial charge in [-0.1, -0.05) is 6.07 Å². The number of rotatable bonds is 1. The van der Waals surface area contributed by atoms with E-state index in [9.17, 15) is 8.78 Å². The lowest BCUT2D eigenvalue weighted by atomic mass is 9.80. The van der Waals surface area contributed by atoms with Crippen LogP contribution in [0.1, 0.15) is 0 Å². The monoisotopic (exact) mass is 189 g/mol. The van der Waals surface area contributed by atoms with Crippen molar-refractivity contribution in [2.75, 3.05) is 7.05 Å². The minimum atomic E-state index is -1.76. The van der Waals surface area contributed by atoms with Crippen LogP contribution in [0.25, 0.3) is 0 Å². The van der Waals surface area contributed by atoms with E-state index in [-0.39, 0.29) is 5.46 Å². The molecule has 0 aromatic heterocycles. The quantitative estimate of drug-likeness (QED) is 0.507. The average Bonchev–Trinajstić information content (AvgIpc) is 2.13. The Balaban J connectivity index is 0.000000671. The standard InChI is InChI=1S/C6H5BF2O2.CH5N/c8-5-2-1-4(7(10)11)3-6(5)9;1-2/h1-3,10-11H;2H2,1H3. The second-order valence-electron chi connectivity index (χ2n) is 2.05. The lowest BCUT2D eigenvalue weighted by Gasteiger charge is -1.98. The average molecular weight is 189 g/mol. The molecule has 1 rings (SSSR count). The lowest BCUT2D eigenvalue weighted by molar-refractivity contribution is 0.425. The van der Waals surface area contributed by atoms with Crippen molar-refractivity contribution >= 4 is 12.6 Å². The molecule has 0 radical (unpaired) electrons. The Morgan fingerprint density at radius 1 is 1.15 bits per heavy atom. The third kappa shape index (κ3) is 3.50. The van der Waals surface area contributed by atoms with Gasteiger partial charge in [0.15, 0.2) is 11.6 Å². The van der Waals surface area contributed by atoms with Crippen LogP contribution >= 0.6 is 0 Å². The van der Waals surface area contributed by atoms with Gasteiger partial charge in [0.2, 0.25) is 0 Å². The van der Waals surface area contributed by atoms with E-state index in [4.69, 9.17) is 10.0 Å². The van der Waals surface area contributed by atoms with Crippen LogP contribution in [0.15, 0.2) is 18.2 Å². The lowest BCUT2D eigenvalue weighted by Crippen LogP contribution is -2.30. The summed E-state index contributed by atoms with van der Waals surface area (Å²) in [6, 6.07) is 2.67. The second-order valence-corrected chi connectivity index (χ2v) is 2.05. The summed E-state index contributed by atoms with van der Waals surface area (Å²) in [6.07, 6.45) is 0. The number of nitrogens with two attached hydrogens (primary N) is 1. The van der Waals surface area contributed by atoms with Gasteiger partial charge in [-0.3, -0.25) is 0 Å². The Kier molecular flexibility index (Phi) is 5.21. The number of benzene rings is 1. The van der Waals surface area contributed by atoms with Crippen LogP contribution in [0.3, 0.4) is 0 Å². The first-order chi connectivity index (χ1) is 6.11. The minimum absolute atomic E-state index is 0.0658. The minimum Gasteiger partial charge on any atom is -0.423 e. The third-order valence-electron chi connectivity index (χ3n) is 1.24. The topological polar surface area (TPSA) is 66.5 Å². The zero-order valence-corrected chi connectivity index (χ0v) is 7.04. The summed E-state index contributed by atoms with van der Waals surface area (Å²) in [5, 5.41) is 17.0. The first-order valence-corrected chi connectivity index (χ1v) is 3.50. The molecule has 0 unspecified atom stereocenters. The number of hydrogen-bond donors (Lipinski definition) is 3. The van der Waals surface area contributed by atoms with Crippen LogP contribution in [0.4, 0.5) is 8.78 Å². The van der Waals surface area contributed by atoms with E-state index in [2.05, 4.69) is 5.73 Å². The van der Waals surface area contributed by atoms with Gasteiger partial charge in [0.25, 0.3) is 0 Å². The van der Waals surface area contributed by atoms with E-state index in [1.165, 1.54) is 7.05 Å². The summed E-state index contributed by atoms with van der Waals surface area (Å²) in [5.41, 5.74) is 4.43. The fourth-order valence-corrected chi connectivity index (χ4v) is 0.673. The first-order valence-electron chi connectivity index (χ1n) is 3.50. The summed E-state index contributed by atoms with van der Waals surface area (Å²) in [5.74, 6) is -2.09. The van der Waals surface area contributed by atoms with Crippen LogP contribution in [0.2, 0.25) is 0 Å². The summed E-state index contributed by atoms with van der Waals surface area (Å²) >= 11 is 0. The second kappa shape index (κ2) is 5.63. The van der Waals surface area contributed by atoms with Gasteiger partial charge in [-0.15, -0.1) is 0 Å². The molecule has 0 spiro atoms. The molecule has 0 aliphatic rings. The smallest absolute Gasteiger partial charge is 0.423 e. The Morgan fingerprint density at radius 2 is 1.69 bits per heavy atom. The van der Waals surface area contributed by atoms with E-state index >= 15 is 0 Å². The molecular weight excluding hydrogens is 179 g/mol. The SMILES string of the molecule is CN.OB(O)c1ccc(F)c(F)c1. The van der Waals surface area contributed by atoms with Crippen molar-refractivity contribution in [2.24, 2.45) is 5.73 Å². The van der Waals surface area contributed by atoms with Crippen molar-refractivity contribution < 1.29 is 18.8 Å². The van der Waals surface area contributed by atoms with Crippen molar-refractivity contribution in [1.29, 1.82) is 0 Å². The van der Waals surface area contributed by atoms with Gasteiger partial charge >= 0.3 is 7.12 Å².